The highest BCUT2D eigenvalue weighted by molar-refractivity contribution is 7.91. The molecule has 3 rings (SSSR count). The van der Waals surface area contributed by atoms with Gasteiger partial charge < -0.3 is 9.63 Å². The van der Waals surface area contributed by atoms with E-state index in [2.05, 4.69) is 10.5 Å². The molecule has 0 amide bonds. The maximum atomic E-state index is 11.6. The Hall–Kier alpha value is -2.19. The summed E-state index contributed by atoms with van der Waals surface area (Å²) in [5, 5.41) is 16.1. The Morgan fingerprint density at radius 1 is 1.35 bits per heavy atom. The maximum absolute atomic E-state index is 11.6. The first-order valence-electron chi connectivity index (χ1n) is 7.10. The van der Waals surface area contributed by atoms with Crippen LogP contribution in [-0.2, 0) is 21.2 Å². The number of carboxylic acid groups (broad SMARTS) is 1. The van der Waals surface area contributed by atoms with Crippen molar-refractivity contribution in [1.29, 1.82) is 0 Å². The fourth-order valence-corrected chi connectivity index (χ4v) is 4.55. The van der Waals surface area contributed by atoms with Crippen molar-refractivity contribution in [3.63, 3.8) is 0 Å². The van der Waals surface area contributed by atoms with Crippen molar-refractivity contribution < 1.29 is 22.8 Å². The monoisotopic (exact) mass is 336 g/mol. The number of carboxylic acids is 1. The highest BCUT2D eigenvalue weighted by atomic mass is 32.2. The topological polar surface area (TPSA) is 110 Å². The molecule has 122 valence electrons. The third kappa shape index (κ3) is 3.27. The standard InChI is InChI=1S/C15H16N2O5S/c18-14(19)15(6-7-23(20,21)10-15)16-9-12-8-13(22-17-12)11-4-2-1-3-5-11/h1-5,8,16H,6-7,9-10H2,(H,18,19). The van der Waals surface area contributed by atoms with Crippen molar-refractivity contribution in [3.8, 4) is 11.3 Å². The summed E-state index contributed by atoms with van der Waals surface area (Å²) < 4.78 is 28.5. The van der Waals surface area contributed by atoms with Crippen LogP contribution in [0, 0.1) is 0 Å². The van der Waals surface area contributed by atoms with E-state index < -0.39 is 27.1 Å². The molecule has 23 heavy (non-hydrogen) atoms. The largest absolute Gasteiger partial charge is 0.480 e. The number of aromatic nitrogens is 1. The lowest BCUT2D eigenvalue weighted by Crippen LogP contribution is -2.52. The quantitative estimate of drug-likeness (QED) is 0.840. The van der Waals surface area contributed by atoms with Gasteiger partial charge in [-0.2, -0.15) is 0 Å². The molecule has 2 aromatic rings. The zero-order chi connectivity index (χ0) is 16.5. The molecular weight excluding hydrogens is 320 g/mol. The summed E-state index contributed by atoms with van der Waals surface area (Å²) in [6.45, 7) is 0.123. The smallest absolute Gasteiger partial charge is 0.325 e. The van der Waals surface area contributed by atoms with Crippen molar-refractivity contribution in [2.45, 2.75) is 18.5 Å². The molecule has 0 spiro atoms. The molecule has 1 saturated heterocycles. The van der Waals surface area contributed by atoms with Crippen LogP contribution < -0.4 is 5.32 Å². The molecule has 0 radical (unpaired) electrons. The van der Waals surface area contributed by atoms with E-state index in [1.165, 1.54) is 0 Å². The Labute approximate surface area is 133 Å². The Bertz CT molecular complexity index is 815. The summed E-state index contributed by atoms with van der Waals surface area (Å²) in [4.78, 5) is 11.5. The molecule has 7 nitrogen and oxygen atoms in total. The summed E-state index contributed by atoms with van der Waals surface area (Å²) in [5.41, 5.74) is -0.0681. The number of benzene rings is 1. The molecule has 1 atom stereocenters. The van der Waals surface area contributed by atoms with Crippen molar-refractivity contribution in [3.05, 3.63) is 42.1 Å². The van der Waals surface area contributed by atoms with Gasteiger partial charge in [-0.15, -0.1) is 0 Å². The second-order valence-electron chi connectivity index (χ2n) is 5.63. The van der Waals surface area contributed by atoms with Crippen LogP contribution >= 0.6 is 0 Å². The first kappa shape index (κ1) is 15.7. The lowest BCUT2D eigenvalue weighted by molar-refractivity contribution is -0.143. The van der Waals surface area contributed by atoms with Crippen LogP contribution in [0.2, 0.25) is 0 Å². The summed E-state index contributed by atoms with van der Waals surface area (Å²) in [6, 6.07) is 11.1. The van der Waals surface area contributed by atoms with Crippen molar-refractivity contribution in [2.75, 3.05) is 11.5 Å². The van der Waals surface area contributed by atoms with E-state index in [1.54, 1.807) is 6.07 Å². The van der Waals surface area contributed by atoms with E-state index in [4.69, 9.17) is 4.52 Å². The summed E-state index contributed by atoms with van der Waals surface area (Å²) >= 11 is 0. The Morgan fingerprint density at radius 2 is 2.09 bits per heavy atom. The molecule has 1 aliphatic heterocycles. The minimum Gasteiger partial charge on any atom is -0.480 e. The number of sulfone groups is 1. The third-order valence-corrected chi connectivity index (χ3v) is 5.70. The van der Waals surface area contributed by atoms with Gasteiger partial charge >= 0.3 is 5.97 Å². The summed E-state index contributed by atoms with van der Waals surface area (Å²) in [6.07, 6.45) is 0.0497. The van der Waals surface area contributed by atoms with Gasteiger partial charge in [0.2, 0.25) is 0 Å². The predicted octanol–water partition coefficient (Wildman–Crippen LogP) is 1.07. The molecule has 2 heterocycles. The molecule has 1 aromatic heterocycles. The predicted molar refractivity (Wildman–Crippen MR) is 82.4 cm³/mol. The van der Waals surface area contributed by atoms with Crippen molar-refractivity contribution in [1.82, 2.24) is 10.5 Å². The summed E-state index contributed by atoms with van der Waals surface area (Å²) in [7, 11) is -3.33. The zero-order valence-corrected chi connectivity index (χ0v) is 13.0. The average Bonchev–Trinajstić information content (AvgIpc) is 3.11. The van der Waals surface area contributed by atoms with Gasteiger partial charge in [-0.3, -0.25) is 10.1 Å². The van der Waals surface area contributed by atoms with Crippen LogP contribution in [0.15, 0.2) is 40.9 Å². The van der Waals surface area contributed by atoms with E-state index in [9.17, 15) is 18.3 Å². The SMILES string of the molecule is O=C(O)C1(NCc2cc(-c3ccccc3)on2)CCS(=O)(=O)C1. The molecule has 1 fully saturated rings. The molecule has 8 heteroatoms. The highest BCUT2D eigenvalue weighted by Crippen LogP contribution is 2.25. The van der Waals surface area contributed by atoms with Crippen LogP contribution in [0.1, 0.15) is 12.1 Å². The molecule has 1 aromatic carbocycles. The first-order valence-corrected chi connectivity index (χ1v) is 8.92. The number of nitrogens with one attached hydrogen (secondary N) is 1. The van der Waals surface area contributed by atoms with Crippen molar-refractivity contribution >= 4 is 15.8 Å². The highest BCUT2D eigenvalue weighted by Gasteiger charge is 2.48. The Kier molecular flexibility index (Phi) is 3.95. The van der Waals surface area contributed by atoms with Gasteiger partial charge in [-0.25, -0.2) is 8.42 Å². The van der Waals surface area contributed by atoms with E-state index >= 15 is 0 Å². The minimum absolute atomic E-state index is 0.0497. The number of nitrogens with zero attached hydrogens (tertiary/aromatic N) is 1. The van der Waals surface area contributed by atoms with Gasteiger partial charge in [0, 0.05) is 18.2 Å². The molecule has 1 unspecified atom stereocenters. The Morgan fingerprint density at radius 3 is 2.70 bits per heavy atom. The number of carbonyl (C=O) groups is 1. The van der Waals surface area contributed by atoms with Crippen molar-refractivity contribution in [2.24, 2.45) is 0 Å². The second-order valence-corrected chi connectivity index (χ2v) is 7.82. The number of aliphatic carboxylic acids is 1. The van der Waals surface area contributed by atoms with Crippen LogP contribution in [0.5, 0.6) is 0 Å². The molecule has 0 saturated carbocycles. The molecule has 1 aliphatic rings. The van der Waals surface area contributed by atoms with Gasteiger partial charge in [-0.1, -0.05) is 35.5 Å². The molecule has 0 aliphatic carbocycles. The van der Waals surface area contributed by atoms with Crippen LogP contribution in [-0.4, -0.2) is 41.7 Å². The van der Waals surface area contributed by atoms with Gasteiger partial charge in [0.15, 0.2) is 15.6 Å². The van der Waals surface area contributed by atoms with E-state index in [-0.39, 0.29) is 18.7 Å². The summed E-state index contributed by atoms with van der Waals surface area (Å²) in [5.74, 6) is -1.12. The zero-order valence-electron chi connectivity index (χ0n) is 12.2. The third-order valence-electron chi connectivity index (χ3n) is 3.94. The first-order chi connectivity index (χ1) is 10.9. The van der Waals surface area contributed by atoms with E-state index in [0.717, 1.165) is 5.56 Å². The van der Waals surface area contributed by atoms with Crippen LogP contribution in [0.25, 0.3) is 11.3 Å². The van der Waals surface area contributed by atoms with E-state index in [0.29, 0.717) is 11.5 Å². The van der Waals surface area contributed by atoms with Gasteiger partial charge in [-0.05, 0) is 6.42 Å². The molecule has 2 N–H and O–H groups in total. The molecular formula is C15H16N2O5S. The van der Waals surface area contributed by atoms with Gasteiger partial charge in [0.05, 0.1) is 17.2 Å². The minimum atomic E-state index is -3.33. The fourth-order valence-electron chi connectivity index (χ4n) is 2.63. The number of hydrogen-bond donors (Lipinski definition) is 2. The number of hydrogen-bond acceptors (Lipinski definition) is 6. The maximum Gasteiger partial charge on any atom is 0.325 e. The molecule has 0 bridgehead atoms. The second kappa shape index (κ2) is 5.78. The average molecular weight is 336 g/mol. The van der Waals surface area contributed by atoms with Gasteiger partial charge in [0.25, 0.3) is 0 Å². The van der Waals surface area contributed by atoms with E-state index in [1.807, 2.05) is 30.3 Å². The van der Waals surface area contributed by atoms with Gasteiger partial charge in [0.1, 0.15) is 5.54 Å². The van der Waals surface area contributed by atoms with Crippen LogP contribution in [0.3, 0.4) is 0 Å². The van der Waals surface area contributed by atoms with Crippen LogP contribution in [0.4, 0.5) is 0 Å². The number of rotatable bonds is 5. The lowest BCUT2D eigenvalue weighted by Gasteiger charge is -2.23. The normalized spacial score (nSPS) is 23.0. The fraction of sp³-hybridized carbons (Fsp3) is 0.333. The Balaban J connectivity index is 1.73. The lowest BCUT2D eigenvalue weighted by atomic mass is 9.99.